The van der Waals surface area contributed by atoms with E-state index in [2.05, 4.69) is 4.98 Å². The number of carbonyl (C=O) groups is 1. The van der Waals surface area contributed by atoms with Gasteiger partial charge in [-0.2, -0.15) is 0 Å². The van der Waals surface area contributed by atoms with Gasteiger partial charge in [-0.25, -0.2) is 4.98 Å². The van der Waals surface area contributed by atoms with Crippen molar-refractivity contribution in [3.8, 4) is 33.5 Å². The third-order valence-electron chi connectivity index (χ3n) is 5.37. The minimum atomic E-state index is -0.0314. The Hall–Kier alpha value is -3.71. The zero-order valence-corrected chi connectivity index (χ0v) is 18.8. The highest BCUT2D eigenvalue weighted by Crippen LogP contribution is 2.37. The van der Waals surface area contributed by atoms with Crippen LogP contribution in [0, 0.1) is 0 Å². The second-order valence-electron chi connectivity index (χ2n) is 7.64. The van der Waals surface area contributed by atoms with Gasteiger partial charge in [0.25, 0.3) is 5.91 Å². The highest BCUT2D eigenvalue weighted by Gasteiger charge is 2.26. The molecule has 0 saturated heterocycles. The standard InChI is InChI=1S/C26H23N3O3S/c30-25-17-32-24-12-11-19(22-18-33-26(28-22)21-10-4-5-13-27-21)16-23(24)29(25)14-6-7-15-31-20-8-2-1-3-9-20/h1-5,8-13,16,18H,6-7,14-15,17H2. The highest BCUT2D eigenvalue weighted by atomic mass is 32.1. The Bertz CT molecular complexity index is 1230. The van der Waals surface area contributed by atoms with Crippen LogP contribution in [0.5, 0.6) is 11.5 Å². The molecule has 0 radical (unpaired) electrons. The molecular weight excluding hydrogens is 434 g/mol. The molecule has 0 spiro atoms. The predicted molar refractivity (Wildman–Crippen MR) is 130 cm³/mol. The normalized spacial score (nSPS) is 12.8. The van der Waals surface area contributed by atoms with Crippen molar-refractivity contribution < 1.29 is 14.3 Å². The van der Waals surface area contributed by atoms with Crippen molar-refractivity contribution in [2.45, 2.75) is 12.8 Å². The number of carbonyl (C=O) groups excluding carboxylic acids is 1. The number of unbranched alkanes of at least 4 members (excludes halogenated alkanes) is 1. The molecule has 3 heterocycles. The highest BCUT2D eigenvalue weighted by molar-refractivity contribution is 7.13. The Kier molecular flexibility index (Phi) is 6.30. The lowest BCUT2D eigenvalue weighted by Crippen LogP contribution is -2.39. The van der Waals surface area contributed by atoms with E-state index in [1.54, 1.807) is 17.5 Å². The number of hydrogen-bond donors (Lipinski definition) is 0. The van der Waals surface area contributed by atoms with Crippen LogP contribution in [0.25, 0.3) is 22.0 Å². The van der Waals surface area contributed by atoms with Gasteiger partial charge in [0.2, 0.25) is 0 Å². The summed E-state index contributed by atoms with van der Waals surface area (Å²) < 4.78 is 11.4. The molecule has 33 heavy (non-hydrogen) atoms. The number of ether oxygens (including phenoxy) is 2. The van der Waals surface area contributed by atoms with Crippen molar-refractivity contribution in [1.82, 2.24) is 9.97 Å². The van der Waals surface area contributed by atoms with E-state index < -0.39 is 0 Å². The van der Waals surface area contributed by atoms with Crippen LogP contribution in [-0.4, -0.2) is 35.6 Å². The number of hydrogen-bond acceptors (Lipinski definition) is 6. The van der Waals surface area contributed by atoms with Crippen LogP contribution in [0.3, 0.4) is 0 Å². The molecule has 2 aromatic heterocycles. The summed E-state index contributed by atoms with van der Waals surface area (Å²) in [5, 5.41) is 2.88. The zero-order chi connectivity index (χ0) is 22.5. The van der Waals surface area contributed by atoms with Gasteiger partial charge in [-0.05, 0) is 55.3 Å². The molecule has 7 heteroatoms. The fourth-order valence-corrected chi connectivity index (χ4v) is 4.50. The van der Waals surface area contributed by atoms with E-state index in [1.165, 1.54) is 0 Å². The maximum atomic E-state index is 12.6. The second kappa shape index (κ2) is 9.83. The third-order valence-corrected chi connectivity index (χ3v) is 6.24. The Morgan fingerprint density at radius 2 is 1.88 bits per heavy atom. The lowest BCUT2D eigenvalue weighted by molar-refractivity contribution is -0.121. The molecule has 0 bridgehead atoms. The Balaban J connectivity index is 1.28. The summed E-state index contributed by atoms with van der Waals surface area (Å²) >= 11 is 1.55. The molecule has 1 amide bonds. The fourth-order valence-electron chi connectivity index (χ4n) is 3.70. The van der Waals surface area contributed by atoms with Gasteiger partial charge in [0.05, 0.1) is 23.7 Å². The first-order chi connectivity index (χ1) is 16.3. The van der Waals surface area contributed by atoms with Crippen LogP contribution in [0.1, 0.15) is 12.8 Å². The van der Waals surface area contributed by atoms with Crippen molar-refractivity contribution in [2.24, 2.45) is 0 Å². The quantitative estimate of drug-likeness (QED) is 0.329. The summed E-state index contributed by atoms with van der Waals surface area (Å²) in [5.41, 5.74) is 3.45. The molecule has 0 saturated carbocycles. The van der Waals surface area contributed by atoms with Gasteiger partial charge in [-0.15, -0.1) is 11.3 Å². The minimum absolute atomic E-state index is 0.0314. The molecule has 0 atom stereocenters. The van der Waals surface area contributed by atoms with E-state index in [0.29, 0.717) is 13.2 Å². The SMILES string of the molecule is O=C1COc2ccc(-c3csc(-c4ccccn4)n3)cc2N1CCCCOc1ccccc1. The van der Waals surface area contributed by atoms with Gasteiger partial charge in [-0.1, -0.05) is 24.3 Å². The molecule has 166 valence electrons. The molecule has 0 unspecified atom stereocenters. The van der Waals surface area contributed by atoms with Crippen LogP contribution in [0.4, 0.5) is 5.69 Å². The number of fused-ring (bicyclic) bond motifs is 1. The summed E-state index contributed by atoms with van der Waals surface area (Å²) in [4.78, 5) is 23.6. The van der Waals surface area contributed by atoms with Gasteiger partial charge in [0.15, 0.2) is 6.61 Å². The minimum Gasteiger partial charge on any atom is -0.494 e. The van der Waals surface area contributed by atoms with E-state index in [0.717, 1.165) is 52.0 Å². The van der Waals surface area contributed by atoms with Crippen LogP contribution < -0.4 is 14.4 Å². The van der Waals surface area contributed by atoms with E-state index >= 15 is 0 Å². The monoisotopic (exact) mass is 457 g/mol. The number of anilines is 1. The first kappa shape index (κ1) is 21.2. The first-order valence-electron chi connectivity index (χ1n) is 10.9. The maximum absolute atomic E-state index is 12.6. The number of pyridine rings is 1. The van der Waals surface area contributed by atoms with E-state index in [-0.39, 0.29) is 12.5 Å². The van der Waals surface area contributed by atoms with Crippen LogP contribution in [0.15, 0.2) is 78.3 Å². The number of rotatable bonds is 8. The number of aromatic nitrogens is 2. The smallest absolute Gasteiger partial charge is 0.265 e. The van der Waals surface area contributed by atoms with Crippen molar-refractivity contribution in [1.29, 1.82) is 0 Å². The Labute approximate surface area is 196 Å². The zero-order valence-electron chi connectivity index (χ0n) is 18.0. The van der Waals surface area contributed by atoms with Crippen molar-refractivity contribution in [2.75, 3.05) is 24.7 Å². The number of nitrogens with zero attached hydrogens (tertiary/aromatic N) is 3. The predicted octanol–water partition coefficient (Wildman–Crippen LogP) is 5.46. The first-order valence-corrected chi connectivity index (χ1v) is 11.8. The number of amides is 1. The average Bonchev–Trinajstić information content (AvgIpc) is 3.36. The summed E-state index contributed by atoms with van der Waals surface area (Å²) in [7, 11) is 0. The summed E-state index contributed by atoms with van der Waals surface area (Å²) in [6.45, 7) is 1.30. The molecule has 0 N–H and O–H groups in total. The molecule has 5 rings (SSSR count). The second-order valence-corrected chi connectivity index (χ2v) is 8.50. The molecule has 6 nitrogen and oxygen atoms in total. The van der Waals surface area contributed by atoms with Crippen molar-refractivity contribution >= 4 is 22.9 Å². The number of benzene rings is 2. The molecule has 1 aliphatic heterocycles. The fraction of sp³-hybridized carbons (Fsp3) is 0.192. The Morgan fingerprint density at radius 3 is 2.73 bits per heavy atom. The number of thiazole rings is 1. The van der Waals surface area contributed by atoms with E-state index in [4.69, 9.17) is 14.5 Å². The van der Waals surface area contributed by atoms with E-state index in [9.17, 15) is 4.79 Å². The molecule has 4 aromatic rings. The number of para-hydroxylation sites is 1. The van der Waals surface area contributed by atoms with Crippen molar-refractivity contribution in [3.05, 3.63) is 78.3 Å². The lowest BCUT2D eigenvalue weighted by atomic mass is 10.1. The lowest BCUT2D eigenvalue weighted by Gasteiger charge is -2.29. The van der Waals surface area contributed by atoms with Gasteiger partial charge >= 0.3 is 0 Å². The van der Waals surface area contributed by atoms with Crippen LogP contribution in [0.2, 0.25) is 0 Å². The maximum Gasteiger partial charge on any atom is 0.265 e. The molecular formula is C26H23N3O3S. The van der Waals surface area contributed by atoms with E-state index in [1.807, 2.05) is 77.0 Å². The molecule has 2 aromatic carbocycles. The van der Waals surface area contributed by atoms with Crippen LogP contribution in [-0.2, 0) is 4.79 Å². The molecule has 1 aliphatic rings. The van der Waals surface area contributed by atoms with Crippen molar-refractivity contribution in [3.63, 3.8) is 0 Å². The average molecular weight is 458 g/mol. The van der Waals surface area contributed by atoms with Gasteiger partial charge in [0, 0.05) is 23.7 Å². The third kappa shape index (κ3) is 4.88. The summed E-state index contributed by atoms with van der Waals surface area (Å²) in [5.74, 6) is 1.55. The topological polar surface area (TPSA) is 64.5 Å². The summed E-state index contributed by atoms with van der Waals surface area (Å²) in [6, 6.07) is 21.5. The summed E-state index contributed by atoms with van der Waals surface area (Å²) in [6.07, 6.45) is 3.46. The van der Waals surface area contributed by atoms with Crippen LogP contribution >= 0.6 is 11.3 Å². The van der Waals surface area contributed by atoms with Gasteiger partial charge in [0.1, 0.15) is 16.5 Å². The largest absolute Gasteiger partial charge is 0.494 e. The molecule has 0 aliphatic carbocycles. The molecule has 0 fully saturated rings. The van der Waals surface area contributed by atoms with Gasteiger partial charge < -0.3 is 14.4 Å². The van der Waals surface area contributed by atoms with Gasteiger partial charge in [-0.3, -0.25) is 9.78 Å². The Morgan fingerprint density at radius 1 is 1.00 bits per heavy atom.